The summed E-state index contributed by atoms with van der Waals surface area (Å²) in [6, 6.07) is 3.77. The van der Waals surface area contributed by atoms with Crippen molar-refractivity contribution < 1.29 is 22.7 Å². The number of carbonyl (C=O) groups excluding carboxylic acids is 1. The molecule has 1 aromatic carbocycles. The van der Waals surface area contributed by atoms with Gasteiger partial charge in [-0.25, -0.2) is 4.98 Å². The molecule has 9 heteroatoms. The average Bonchev–Trinajstić information content (AvgIpc) is 2.87. The molecule has 2 aromatic rings. The fourth-order valence-electron chi connectivity index (χ4n) is 1.83. The van der Waals surface area contributed by atoms with Crippen LogP contribution >= 0.6 is 22.9 Å². The molecular weight excluding hydrogens is 353 g/mol. The highest BCUT2D eigenvalue weighted by atomic mass is 35.5. The Bertz CT molecular complexity index is 704. The molecule has 0 bridgehead atoms. The highest BCUT2D eigenvalue weighted by molar-refractivity contribution is 7.15. The SMILES string of the molecule is COCC(=O)Nc1ncc(Cc2ccc(Cl)c(C(F)(F)F)c2)s1. The molecule has 23 heavy (non-hydrogen) atoms. The Morgan fingerprint density at radius 2 is 2.17 bits per heavy atom. The van der Waals surface area contributed by atoms with Gasteiger partial charge in [0.25, 0.3) is 5.91 Å². The third-order valence-electron chi connectivity index (χ3n) is 2.79. The Morgan fingerprint density at radius 1 is 1.43 bits per heavy atom. The Labute approximate surface area is 139 Å². The van der Waals surface area contributed by atoms with E-state index in [1.54, 1.807) is 0 Å². The second-order valence-corrected chi connectivity index (χ2v) is 6.12. The number of nitrogens with one attached hydrogen (secondary N) is 1. The molecule has 0 aliphatic rings. The number of halogens is 4. The maximum Gasteiger partial charge on any atom is 0.417 e. The van der Waals surface area contributed by atoms with Crippen molar-refractivity contribution in [1.29, 1.82) is 0 Å². The summed E-state index contributed by atoms with van der Waals surface area (Å²) in [6.45, 7) is -0.0962. The highest BCUT2D eigenvalue weighted by Crippen LogP contribution is 2.35. The Balaban J connectivity index is 2.11. The number of hydrogen-bond acceptors (Lipinski definition) is 4. The van der Waals surface area contributed by atoms with Gasteiger partial charge in [-0.15, -0.1) is 11.3 Å². The van der Waals surface area contributed by atoms with Crippen molar-refractivity contribution in [3.05, 3.63) is 45.4 Å². The molecule has 4 nitrogen and oxygen atoms in total. The molecule has 0 atom stereocenters. The summed E-state index contributed by atoms with van der Waals surface area (Å²) in [5.74, 6) is -0.348. The zero-order chi connectivity index (χ0) is 17.0. The molecule has 1 heterocycles. The van der Waals surface area contributed by atoms with Crippen LogP contribution in [0.5, 0.6) is 0 Å². The summed E-state index contributed by atoms with van der Waals surface area (Å²) < 4.78 is 43.2. The lowest BCUT2D eigenvalue weighted by atomic mass is 10.1. The molecule has 0 spiro atoms. The zero-order valence-corrected chi connectivity index (χ0v) is 13.5. The molecule has 0 fully saturated rings. The first-order chi connectivity index (χ1) is 10.8. The molecule has 0 unspecified atom stereocenters. The number of rotatable bonds is 5. The minimum atomic E-state index is -4.50. The van der Waals surface area contributed by atoms with Gasteiger partial charge in [0.15, 0.2) is 5.13 Å². The lowest BCUT2D eigenvalue weighted by molar-refractivity contribution is -0.137. The van der Waals surface area contributed by atoms with Crippen molar-refractivity contribution >= 4 is 34.0 Å². The van der Waals surface area contributed by atoms with Crippen molar-refractivity contribution in [2.45, 2.75) is 12.6 Å². The van der Waals surface area contributed by atoms with Gasteiger partial charge >= 0.3 is 6.18 Å². The van der Waals surface area contributed by atoms with Crippen LogP contribution in [0.3, 0.4) is 0 Å². The number of anilines is 1. The Kier molecular flexibility index (Phi) is 5.61. The first-order valence-corrected chi connectivity index (χ1v) is 7.58. The van der Waals surface area contributed by atoms with Gasteiger partial charge < -0.3 is 4.74 Å². The second-order valence-electron chi connectivity index (χ2n) is 4.60. The van der Waals surface area contributed by atoms with Gasteiger partial charge in [-0.2, -0.15) is 13.2 Å². The van der Waals surface area contributed by atoms with E-state index in [0.29, 0.717) is 15.6 Å². The predicted molar refractivity (Wildman–Crippen MR) is 81.9 cm³/mol. The first-order valence-electron chi connectivity index (χ1n) is 6.38. The zero-order valence-electron chi connectivity index (χ0n) is 11.9. The van der Waals surface area contributed by atoms with Crippen molar-refractivity contribution in [1.82, 2.24) is 4.98 Å². The standard InChI is InChI=1S/C14H12ClF3N2O2S/c1-22-7-12(21)20-13-19-6-9(23-13)4-8-2-3-11(15)10(5-8)14(16,17)18/h2-3,5-6H,4,7H2,1H3,(H,19,20,21). The van der Waals surface area contributed by atoms with Crippen LogP contribution in [0.1, 0.15) is 16.0 Å². The molecule has 0 aliphatic carbocycles. The number of hydrogen-bond donors (Lipinski definition) is 1. The topological polar surface area (TPSA) is 51.2 Å². The molecule has 0 saturated heterocycles. The number of carbonyl (C=O) groups is 1. The average molecular weight is 365 g/mol. The molecule has 1 amide bonds. The van der Waals surface area contributed by atoms with Crippen molar-refractivity contribution in [3.63, 3.8) is 0 Å². The molecule has 1 aromatic heterocycles. The number of alkyl halides is 3. The van der Waals surface area contributed by atoms with E-state index in [2.05, 4.69) is 15.0 Å². The van der Waals surface area contributed by atoms with Gasteiger partial charge in [-0.3, -0.25) is 10.1 Å². The largest absolute Gasteiger partial charge is 0.417 e. The van der Waals surface area contributed by atoms with E-state index in [1.165, 1.54) is 36.8 Å². The third kappa shape index (κ3) is 4.92. The maximum absolute atomic E-state index is 12.8. The van der Waals surface area contributed by atoms with E-state index in [1.807, 2.05) is 0 Å². The van der Waals surface area contributed by atoms with Crippen LogP contribution in [0.2, 0.25) is 5.02 Å². The van der Waals surface area contributed by atoms with Crippen LogP contribution in [0, 0.1) is 0 Å². The van der Waals surface area contributed by atoms with Gasteiger partial charge in [0.2, 0.25) is 0 Å². The third-order valence-corrected chi connectivity index (χ3v) is 4.03. The Hall–Kier alpha value is -1.64. The van der Waals surface area contributed by atoms with Gasteiger partial charge in [-0.05, 0) is 17.7 Å². The fourth-order valence-corrected chi connectivity index (χ4v) is 2.92. The van der Waals surface area contributed by atoms with E-state index in [0.717, 1.165) is 6.07 Å². The number of nitrogens with zero attached hydrogens (tertiary/aromatic N) is 1. The van der Waals surface area contributed by atoms with Crippen molar-refractivity contribution in [3.8, 4) is 0 Å². The van der Waals surface area contributed by atoms with Crippen LogP contribution in [0.15, 0.2) is 24.4 Å². The van der Waals surface area contributed by atoms with Gasteiger partial charge in [0, 0.05) is 24.6 Å². The summed E-state index contributed by atoms with van der Waals surface area (Å²) in [4.78, 5) is 16.1. The van der Waals surface area contributed by atoms with E-state index < -0.39 is 11.7 Å². The summed E-state index contributed by atoms with van der Waals surface area (Å²) in [5, 5.41) is 2.57. The normalized spacial score (nSPS) is 11.5. The molecule has 0 saturated carbocycles. The first kappa shape index (κ1) is 17.7. The number of benzene rings is 1. The summed E-state index contributed by atoms with van der Waals surface area (Å²) >= 11 is 6.77. The smallest absolute Gasteiger partial charge is 0.375 e. The van der Waals surface area contributed by atoms with E-state index in [-0.39, 0.29) is 24.0 Å². The maximum atomic E-state index is 12.8. The molecule has 2 rings (SSSR count). The van der Waals surface area contributed by atoms with Gasteiger partial charge in [0.1, 0.15) is 6.61 Å². The summed E-state index contributed by atoms with van der Waals surface area (Å²) in [5.41, 5.74) is -0.407. The number of thiazole rings is 1. The monoisotopic (exact) mass is 364 g/mol. The number of ether oxygens (including phenoxy) is 1. The van der Waals surface area contributed by atoms with Crippen LogP contribution in [0.25, 0.3) is 0 Å². The Morgan fingerprint density at radius 3 is 2.83 bits per heavy atom. The molecule has 1 N–H and O–H groups in total. The number of amides is 1. The molecular formula is C14H12ClF3N2O2S. The minimum absolute atomic E-state index is 0.0962. The van der Waals surface area contributed by atoms with Crippen molar-refractivity contribution in [2.24, 2.45) is 0 Å². The summed E-state index contributed by atoms with van der Waals surface area (Å²) in [6.07, 6.45) is -2.73. The lowest BCUT2D eigenvalue weighted by Gasteiger charge is -2.10. The molecule has 0 radical (unpaired) electrons. The van der Waals surface area contributed by atoms with E-state index in [9.17, 15) is 18.0 Å². The molecule has 124 valence electrons. The minimum Gasteiger partial charge on any atom is -0.375 e. The molecule has 0 aliphatic heterocycles. The van der Waals surface area contributed by atoms with Crippen molar-refractivity contribution in [2.75, 3.05) is 19.0 Å². The van der Waals surface area contributed by atoms with Crippen LogP contribution < -0.4 is 5.32 Å². The highest BCUT2D eigenvalue weighted by Gasteiger charge is 2.33. The summed E-state index contributed by atoms with van der Waals surface area (Å²) in [7, 11) is 1.39. The second kappa shape index (κ2) is 7.29. The van der Waals surface area contributed by atoms with Gasteiger partial charge in [-0.1, -0.05) is 17.7 Å². The van der Waals surface area contributed by atoms with E-state index >= 15 is 0 Å². The van der Waals surface area contributed by atoms with Crippen LogP contribution in [-0.2, 0) is 22.1 Å². The van der Waals surface area contributed by atoms with E-state index in [4.69, 9.17) is 11.6 Å². The number of aromatic nitrogens is 1. The lowest BCUT2D eigenvalue weighted by Crippen LogP contribution is -2.16. The van der Waals surface area contributed by atoms with Crippen LogP contribution in [0.4, 0.5) is 18.3 Å². The quantitative estimate of drug-likeness (QED) is 0.872. The number of methoxy groups -OCH3 is 1. The fraction of sp³-hybridized carbons (Fsp3) is 0.286. The predicted octanol–water partition coefficient (Wildman–Crippen LogP) is 3.99. The van der Waals surface area contributed by atoms with Gasteiger partial charge in [0.05, 0.1) is 10.6 Å². The van der Waals surface area contributed by atoms with Crippen LogP contribution in [-0.4, -0.2) is 24.6 Å².